The molecule has 3 aromatic rings. The molecule has 2 saturated carbocycles. The molecule has 0 heterocycles. The van der Waals surface area contributed by atoms with E-state index in [0.717, 1.165) is 34.8 Å². The van der Waals surface area contributed by atoms with Crippen molar-refractivity contribution < 1.29 is 8.78 Å². The summed E-state index contributed by atoms with van der Waals surface area (Å²) >= 11 is 0. The van der Waals surface area contributed by atoms with Crippen LogP contribution in [0, 0.1) is 76.8 Å². The fourth-order valence-electron chi connectivity index (χ4n) is 4.89. The fourth-order valence-corrected chi connectivity index (χ4v) is 4.89. The van der Waals surface area contributed by atoms with Gasteiger partial charge in [-0.15, -0.1) is 0 Å². The van der Waals surface area contributed by atoms with E-state index in [1.807, 2.05) is 26.0 Å². The van der Waals surface area contributed by atoms with Crippen LogP contribution in [0.2, 0.25) is 0 Å². The van der Waals surface area contributed by atoms with E-state index in [4.69, 9.17) is 0 Å². The first-order valence-electron chi connectivity index (χ1n) is 16.3. The van der Waals surface area contributed by atoms with E-state index in [9.17, 15) is 8.78 Å². The summed E-state index contributed by atoms with van der Waals surface area (Å²) in [6.07, 6.45) is 11.8. The van der Waals surface area contributed by atoms with Gasteiger partial charge in [0, 0.05) is 0 Å². The Kier molecular flexibility index (Phi) is 30.2. The van der Waals surface area contributed by atoms with Crippen molar-refractivity contribution in [3.63, 3.8) is 0 Å². The lowest BCUT2D eigenvalue weighted by Gasteiger charge is -2.22. The molecule has 0 aromatic heterocycles. The van der Waals surface area contributed by atoms with Crippen molar-refractivity contribution in [2.45, 2.75) is 150 Å². The molecule has 0 atom stereocenters. The zero-order chi connectivity index (χ0) is 31.7. The van der Waals surface area contributed by atoms with E-state index in [1.54, 1.807) is 26.0 Å². The molecule has 3 aromatic carbocycles. The Morgan fingerprint density at radius 2 is 0.565 bits per heavy atom. The van der Waals surface area contributed by atoms with Crippen LogP contribution in [0.15, 0.2) is 60.7 Å². The topological polar surface area (TPSA) is 0 Å². The molecular weight excluding hydrogens is 566 g/mol. The number of aryl methyl sites for hydroxylation is 6. The van der Waals surface area contributed by atoms with Gasteiger partial charge in [-0.25, -0.2) is 8.78 Å². The van der Waals surface area contributed by atoms with E-state index in [0.29, 0.717) is 11.1 Å². The van der Waals surface area contributed by atoms with Crippen LogP contribution >= 0.6 is 0 Å². The second-order valence-electron chi connectivity index (χ2n) is 13.4. The number of benzene rings is 3. The van der Waals surface area contributed by atoms with Crippen LogP contribution in [0.5, 0.6) is 0 Å². The third-order valence-electron chi connectivity index (χ3n) is 8.48. The standard InChI is InChI=1S/2C8H9F.2C8H16.C8H10.4CH4/c2*1-6-3-4-7(2)8(9)5-6;3*1-7-3-5-8(2)6-4-7;;;;/h2*3-5H,1-2H3;2*7-8H,3-6H2,1-2H3;3-6H,1-2H3;4*1H4. The fraction of sp³-hybridized carbons (Fsp3) is 0.591. The summed E-state index contributed by atoms with van der Waals surface area (Å²) in [7, 11) is 0. The monoisotopic (exact) mass is 643 g/mol. The second-order valence-corrected chi connectivity index (χ2v) is 13.4. The molecule has 0 amide bonds. The molecule has 2 aliphatic rings. The van der Waals surface area contributed by atoms with Crippen LogP contribution in [-0.4, -0.2) is 0 Å². The molecule has 0 spiro atoms. The number of rotatable bonds is 0. The maximum atomic E-state index is 12.6. The third kappa shape index (κ3) is 23.8. The smallest absolute Gasteiger partial charge is 0.126 e. The summed E-state index contributed by atoms with van der Waals surface area (Å²) in [4.78, 5) is 0. The van der Waals surface area contributed by atoms with Crippen molar-refractivity contribution in [3.05, 3.63) is 106 Å². The van der Waals surface area contributed by atoms with Crippen LogP contribution in [-0.2, 0) is 0 Å². The van der Waals surface area contributed by atoms with Crippen LogP contribution in [0.25, 0.3) is 0 Å². The summed E-state index contributed by atoms with van der Waals surface area (Å²) in [5.41, 5.74) is 6.02. The van der Waals surface area contributed by atoms with Crippen molar-refractivity contribution in [2.75, 3.05) is 0 Å². The molecule has 0 unspecified atom stereocenters. The van der Waals surface area contributed by atoms with E-state index in [2.05, 4.69) is 65.8 Å². The lowest BCUT2D eigenvalue weighted by molar-refractivity contribution is 0.308. The highest BCUT2D eigenvalue weighted by Crippen LogP contribution is 2.28. The summed E-state index contributed by atoms with van der Waals surface area (Å²) in [6.45, 7) is 20.9. The molecule has 46 heavy (non-hydrogen) atoms. The normalized spacial score (nSPS) is 19.2. The zero-order valence-corrected chi connectivity index (χ0v) is 28.5. The largest absolute Gasteiger partial charge is 0.207 e. The van der Waals surface area contributed by atoms with Gasteiger partial charge in [0.1, 0.15) is 11.6 Å². The van der Waals surface area contributed by atoms with Crippen molar-refractivity contribution in [1.82, 2.24) is 0 Å². The van der Waals surface area contributed by atoms with Gasteiger partial charge in [-0.2, -0.15) is 0 Å². The van der Waals surface area contributed by atoms with Gasteiger partial charge in [-0.05, 0) is 99.6 Å². The van der Waals surface area contributed by atoms with Gasteiger partial charge in [-0.3, -0.25) is 0 Å². The molecule has 0 nitrogen and oxygen atoms in total. The van der Waals surface area contributed by atoms with Crippen molar-refractivity contribution >= 4 is 0 Å². The van der Waals surface area contributed by atoms with Crippen LogP contribution in [0.3, 0.4) is 0 Å². The summed E-state index contributed by atoms with van der Waals surface area (Å²) in [5.74, 6) is 3.85. The van der Waals surface area contributed by atoms with Crippen LogP contribution in [0.4, 0.5) is 8.78 Å². The Bertz CT molecular complexity index is 1000. The number of hydrogen-bond acceptors (Lipinski definition) is 0. The van der Waals surface area contributed by atoms with Crippen molar-refractivity contribution in [2.24, 2.45) is 23.7 Å². The lowest BCUT2D eigenvalue weighted by Crippen LogP contribution is -2.08. The van der Waals surface area contributed by atoms with E-state index in [-0.39, 0.29) is 41.3 Å². The maximum Gasteiger partial charge on any atom is 0.126 e. The Balaban J connectivity index is -0.000000235. The highest BCUT2D eigenvalue weighted by molar-refractivity contribution is 5.22. The Morgan fingerprint density at radius 3 is 0.739 bits per heavy atom. The van der Waals surface area contributed by atoms with Crippen molar-refractivity contribution in [1.29, 1.82) is 0 Å². The Labute approximate surface area is 287 Å². The minimum absolute atomic E-state index is 0. The average molecular weight is 643 g/mol. The van der Waals surface area contributed by atoms with Crippen molar-refractivity contribution in [3.8, 4) is 0 Å². The molecule has 0 saturated heterocycles. The predicted molar refractivity (Wildman–Crippen MR) is 208 cm³/mol. The molecule has 0 radical (unpaired) electrons. The van der Waals surface area contributed by atoms with E-state index >= 15 is 0 Å². The lowest BCUT2D eigenvalue weighted by atomic mass is 9.84. The first kappa shape index (κ1) is 50.4. The predicted octanol–water partition coefficient (Wildman–Crippen LogP) is 15.4. The van der Waals surface area contributed by atoms with Gasteiger partial charge in [-0.1, -0.05) is 168 Å². The molecular formula is C44H76F2. The SMILES string of the molecule is C.C.C.C.CC1CCC(C)CC1.CC1CCC(C)CC1.Cc1ccc(C)c(F)c1.Cc1ccc(C)c(F)c1.Cc1ccc(C)cc1. The Morgan fingerprint density at radius 1 is 0.370 bits per heavy atom. The molecule has 2 fully saturated rings. The third-order valence-corrected chi connectivity index (χ3v) is 8.48. The van der Waals surface area contributed by atoms with Crippen LogP contribution in [0.1, 0.15) is 142 Å². The molecule has 2 heteroatoms. The van der Waals surface area contributed by atoms with Gasteiger partial charge in [0.25, 0.3) is 0 Å². The Hall–Kier alpha value is -2.48. The van der Waals surface area contributed by atoms with Crippen LogP contribution < -0.4 is 0 Å². The quantitative estimate of drug-likeness (QED) is 0.229. The molecule has 2 aliphatic carbocycles. The molecule has 0 N–H and O–H groups in total. The van der Waals surface area contributed by atoms with E-state index in [1.165, 1.54) is 74.6 Å². The average Bonchev–Trinajstić information content (AvgIpc) is 2.95. The first-order valence-corrected chi connectivity index (χ1v) is 16.3. The zero-order valence-electron chi connectivity index (χ0n) is 28.5. The number of halogens is 2. The van der Waals surface area contributed by atoms with Gasteiger partial charge in [0.15, 0.2) is 0 Å². The molecule has 0 aliphatic heterocycles. The van der Waals surface area contributed by atoms with Gasteiger partial charge in [0.05, 0.1) is 0 Å². The van der Waals surface area contributed by atoms with Gasteiger partial charge < -0.3 is 0 Å². The summed E-state index contributed by atoms with van der Waals surface area (Å²) in [6, 6.07) is 18.9. The summed E-state index contributed by atoms with van der Waals surface area (Å²) in [5, 5.41) is 0. The minimum atomic E-state index is -0.116. The molecule has 5 rings (SSSR count). The summed E-state index contributed by atoms with van der Waals surface area (Å²) < 4.78 is 25.2. The number of hydrogen-bond donors (Lipinski definition) is 0. The van der Waals surface area contributed by atoms with Gasteiger partial charge >= 0.3 is 0 Å². The maximum absolute atomic E-state index is 12.6. The molecule has 266 valence electrons. The van der Waals surface area contributed by atoms with E-state index < -0.39 is 0 Å². The second kappa shape index (κ2) is 27.6. The van der Waals surface area contributed by atoms with Gasteiger partial charge in [0.2, 0.25) is 0 Å². The minimum Gasteiger partial charge on any atom is -0.207 e. The first-order chi connectivity index (χ1) is 19.8. The molecule has 0 bridgehead atoms. The highest BCUT2D eigenvalue weighted by atomic mass is 19.1. The highest BCUT2D eigenvalue weighted by Gasteiger charge is 2.13.